The Morgan fingerprint density at radius 2 is 1.81 bits per heavy atom. The Balaban J connectivity index is 2.71. The lowest BCUT2D eigenvalue weighted by Crippen LogP contribution is -2.20. The number of hydrogen-bond donors (Lipinski definition) is 0. The minimum Gasteiger partial charge on any atom is -0.462 e. The van der Waals surface area contributed by atoms with Gasteiger partial charge in [-0.05, 0) is 25.3 Å². The van der Waals surface area contributed by atoms with Gasteiger partial charge in [0.25, 0.3) is 0 Å². The van der Waals surface area contributed by atoms with Gasteiger partial charge in [-0.3, -0.25) is 4.79 Å². The molecule has 0 amide bonds. The van der Waals surface area contributed by atoms with Crippen molar-refractivity contribution in [1.29, 1.82) is 0 Å². The molecule has 0 saturated heterocycles. The van der Waals surface area contributed by atoms with Crippen LogP contribution in [0.15, 0.2) is 30.3 Å². The number of rotatable bonds is 5. The molecule has 2 nitrogen and oxygen atoms in total. The lowest BCUT2D eigenvalue weighted by Gasteiger charge is -2.17. The van der Waals surface area contributed by atoms with Gasteiger partial charge < -0.3 is 4.74 Å². The molecule has 16 heavy (non-hydrogen) atoms. The van der Waals surface area contributed by atoms with Gasteiger partial charge in [0.15, 0.2) is 0 Å². The maximum absolute atomic E-state index is 11.9. The molecule has 0 aromatic heterocycles. The molecule has 0 aliphatic rings. The van der Waals surface area contributed by atoms with Crippen molar-refractivity contribution >= 4 is 5.97 Å². The minimum atomic E-state index is -0.129. The third-order valence-corrected chi connectivity index (χ3v) is 2.79. The van der Waals surface area contributed by atoms with E-state index in [1.807, 2.05) is 51.1 Å². The summed E-state index contributed by atoms with van der Waals surface area (Å²) in [4.78, 5) is 11.9. The monoisotopic (exact) mass is 220 g/mol. The summed E-state index contributed by atoms with van der Waals surface area (Å²) in [6.45, 7) is 5.95. The Hall–Kier alpha value is -1.31. The molecule has 0 heterocycles. The standard InChI is InChI=1S/C14H20O2/c1-4-11(3)16-14(15)13(5-2)12-9-7-6-8-10-12/h6-11,13H,4-5H2,1-3H3/t11-,13+/m1/s1. The molecule has 1 rings (SSSR count). The fourth-order valence-corrected chi connectivity index (χ4v) is 1.59. The van der Waals surface area contributed by atoms with E-state index < -0.39 is 0 Å². The minimum absolute atomic E-state index is 0.00487. The van der Waals surface area contributed by atoms with Gasteiger partial charge in [-0.2, -0.15) is 0 Å². The Kier molecular flexibility index (Phi) is 5.03. The molecule has 0 aliphatic heterocycles. The molecule has 0 bridgehead atoms. The Morgan fingerprint density at radius 1 is 1.19 bits per heavy atom. The first kappa shape index (κ1) is 12.8. The zero-order valence-electron chi connectivity index (χ0n) is 10.3. The quantitative estimate of drug-likeness (QED) is 0.710. The van der Waals surface area contributed by atoms with Crippen molar-refractivity contribution in [3.8, 4) is 0 Å². The topological polar surface area (TPSA) is 26.3 Å². The summed E-state index contributed by atoms with van der Waals surface area (Å²) in [7, 11) is 0. The average molecular weight is 220 g/mol. The maximum Gasteiger partial charge on any atom is 0.313 e. The van der Waals surface area contributed by atoms with E-state index in [2.05, 4.69) is 0 Å². The molecule has 0 N–H and O–H groups in total. The van der Waals surface area contributed by atoms with Gasteiger partial charge >= 0.3 is 5.97 Å². The highest BCUT2D eigenvalue weighted by Gasteiger charge is 2.21. The lowest BCUT2D eigenvalue weighted by molar-refractivity contribution is -0.150. The molecule has 0 aliphatic carbocycles. The predicted octanol–water partition coefficient (Wildman–Crippen LogP) is 3.52. The van der Waals surface area contributed by atoms with Gasteiger partial charge in [-0.1, -0.05) is 44.2 Å². The van der Waals surface area contributed by atoms with E-state index >= 15 is 0 Å². The van der Waals surface area contributed by atoms with Crippen molar-refractivity contribution in [3.63, 3.8) is 0 Å². The van der Waals surface area contributed by atoms with Crippen molar-refractivity contribution in [1.82, 2.24) is 0 Å². The number of ether oxygens (including phenoxy) is 1. The molecular weight excluding hydrogens is 200 g/mol. The van der Waals surface area contributed by atoms with E-state index in [1.54, 1.807) is 0 Å². The van der Waals surface area contributed by atoms with E-state index in [1.165, 1.54) is 0 Å². The summed E-state index contributed by atoms with van der Waals surface area (Å²) in [5.41, 5.74) is 1.04. The second-order valence-electron chi connectivity index (χ2n) is 4.03. The molecule has 2 atom stereocenters. The highest BCUT2D eigenvalue weighted by Crippen LogP contribution is 2.21. The van der Waals surface area contributed by atoms with Crippen LogP contribution in [0.4, 0.5) is 0 Å². The van der Waals surface area contributed by atoms with Crippen LogP contribution in [0.2, 0.25) is 0 Å². The van der Waals surface area contributed by atoms with Crippen molar-refractivity contribution in [3.05, 3.63) is 35.9 Å². The molecule has 1 aromatic rings. The van der Waals surface area contributed by atoms with Crippen molar-refractivity contribution in [2.45, 2.75) is 45.6 Å². The van der Waals surface area contributed by atoms with E-state index in [-0.39, 0.29) is 18.0 Å². The van der Waals surface area contributed by atoms with E-state index in [0.29, 0.717) is 0 Å². The van der Waals surface area contributed by atoms with Crippen LogP contribution >= 0.6 is 0 Å². The first-order chi connectivity index (χ1) is 7.69. The van der Waals surface area contributed by atoms with Gasteiger partial charge in [0, 0.05) is 0 Å². The van der Waals surface area contributed by atoms with Crippen LogP contribution in [0.1, 0.15) is 45.1 Å². The summed E-state index contributed by atoms with van der Waals surface area (Å²) in [6, 6.07) is 9.82. The smallest absolute Gasteiger partial charge is 0.313 e. The van der Waals surface area contributed by atoms with Gasteiger partial charge in [0.2, 0.25) is 0 Å². The molecule has 0 unspecified atom stereocenters. The Morgan fingerprint density at radius 3 is 2.31 bits per heavy atom. The normalized spacial score (nSPS) is 14.2. The number of esters is 1. The SMILES string of the molecule is CC[C@@H](C)OC(=O)[C@@H](CC)c1ccccc1. The van der Waals surface area contributed by atoms with Gasteiger partial charge in [0.1, 0.15) is 0 Å². The van der Waals surface area contributed by atoms with Crippen LogP contribution in [0.25, 0.3) is 0 Å². The van der Waals surface area contributed by atoms with Crippen molar-refractivity contribution < 1.29 is 9.53 Å². The second kappa shape index (κ2) is 6.31. The molecule has 0 radical (unpaired) electrons. The second-order valence-corrected chi connectivity index (χ2v) is 4.03. The van der Waals surface area contributed by atoms with Crippen LogP contribution < -0.4 is 0 Å². The van der Waals surface area contributed by atoms with Crippen LogP contribution in [0.5, 0.6) is 0 Å². The van der Waals surface area contributed by atoms with Crippen LogP contribution in [0, 0.1) is 0 Å². The fourth-order valence-electron chi connectivity index (χ4n) is 1.59. The summed E-state index contributed by atoms with van der Waals surface area (Å²) >= 11 is 0. The van der Waals surface area contributed by atoms with Crippen molar-refractivity contribution in [2.24, 2.45) is 0 Å². The van der Waals surface area contributed by atoms with Gasteiger partial charge in [-0.15, -0.1) is 0 Å². The zero-order valence-corrected chi connectivity index (χ0v) is 10.3. The van der Waals surface area contributed by atoms with Crippen LogP contribution in [-0.2, 0) is 9.53 Å². The largest absolute Gasteiger partial charge is 0.462 e. The summed E-state index contributed by atoms with van der Waals surface area (Å²) < 4.78 is 5.37. The lowest BCUT2D eigenvalue weighted by atomic mass is 9.97. The van der Waals surface area contributed by atoms with E-state index in [4.69, 9.17) is 4.74 Å². The zero-order chi connectivity index (χ0) is 12.0. The maximum atomic E-state index is 11.9. The molecule has 0 fully saturated rings. The molecule has 0 spiro atoms. The summed E-state index contributed by atoms with van der Waals surface area (Å²) in [5.74, 6) is -0.238. The first-order valence-corrected chi connectivity index (χ1v) is 5.94. The molecular formula is C14H20O2. The van der Waals surface area contributed by atoms with E-state index in [9.17, 15) is 4.79 Å². The van der Waals surface area contributed by atoms with Gasteiger partial charge in [0.05, 0.1) is 12.0 Å². The Bertz CT molecular complexity index is 319. The number of carbonyl (C=O) groups excluding carboxylic acids is 1. The fraction of sp³-hybridized carbons (Fsp3) is 0.500. The number of carbonyl (C=O) groups is 1. The van der Waals surface area contributed by atoms with Crippen LogP contribution in [0.3, 0.4) is 0 Å². The van der Waals surface area contributed by atoms with Gasteiger partial charge in [-0.25, -0.2) is 0 Å². The summed E-state index contributed by atoms with van der Waals surface area (Å²) in [5, 5.41) is 0. The highest BCUT2D eigenvalue weighted by molar-refractivity contribution is 5.78. The predicted molar refractivity (Wildman–Crippen MR) is 65.3 cm³/mol. The Labute approximate surface area is 97.6 Å². The van der Waals surface area contributed by atoms with E-state index in [0.717, 1.165) is 18.4 Å². The molecule has 0 saturated carbocycles. The molecule has 1 aromatic carbocycles. The summed E-state index contributed by atoms with van der Waals surface area (Å²) in [6.07, 6.45) is 1.64. The number of hydrogen-bond acceptors (Lipinski definition) is 2. The molecule has 2 heteroatoms. The third-order valence-electron chi connectivity index (χ3n) is 2.79. The third kappa shape index (κ3) is 3.37. The van der Waals surface area contributed by atoms with Crippen LogP contribution in [-0.4, -0.2) is 12.1 Å². The first-order valence-electron chi connectivity index (χ1n) is 5.94. The average Bonchev–Trinajstić information content (AvgIpc) is 2.31. The number of benzene rings is 1. The van der Waals surface area contributed by atoms with Crippen molar-refractivity contribution in [2.75, 3.05) is 0 Å². The molecule has 88 valence electrons. The highest BCUT2D eigenvalue weighted by atomic mass is 16.5.